The fraction of sp³-hybridized carbons (Fsp3) is 0. The smallest absolute Gasteiger partial charge is 0.273 e. The Morgan fingerprint density at radius 1 is 1.00 bits per heavy atom. The van der Waals surface area contributed by atoms with E-state index in [-0.39, 0.29) is 9.34 Å². The van der Waals surface area contributed by atoms with Crippen molar-refractivity contribution in [1.29, 1.82) is 0 Å². The average molecular weight is 597 g/mol. The summed E-state index contributed by atoms with van der Waals surface area (Å²) < 4.78 is 34.3. The van der Waals surface area contributed by atoms with Gasteiger partial charge in [0.05, 0.1) is 10.7 Å². The van der Waals surface area contributed by atoms with Crippen LogP contribution in [-0.2, 0) is 10.0 Å². The lowest BCUT2D eigenvalue weighted by Gasteiger charge is -2.08. The monoisotopic (exact) mass is 594 g/mol. The minimum absolute atomic E-state index is 0.0860. The number of nitrogens with zero attached hydrogens (tertiary/aromatic N) is 1. The average Bonchev–Trinajstić information content (AvgIpc) is 3.30. The second-order valence-electron chi connectivity index (χ2n) is 6.03. The topological polar surface area (TPSA) is 68.3 Å². The molecule has 0 unspecified atom stereocenters. The maximum atomic E-state index is 12.6. The van der Waals surface area contributed by atoms with E-state index in [1.54, 1.807) is 47.8 Å². The largest absolute Gasteiger partial charge is 0.457 e. The fourth-order valence-corrected chi connectivity index (χ4v) is 7.13. The van der Waals surface area contributed by atoms with Crippen LogP contribution in [0.4, 0.5) is 5.13 Å². The Kier molecular flexibility index (Phi) is 6.83. The van der Waals surface area contributed by atoms with E-state index >= 15 is 0 Å². The van der Waals surface area contributed by atoms with Crippen LogP contribution in [0.25, 0.3) is 11.3 Å². The third-order valence-electron chi connectivity index (χ3n) is 3.88. The molecule has 0 saturated heterocycles. The first kappa shape index (κ1) is 22.8. The highest BCUT2D eigenvalue weighted by Crippen LogP contribution is 2.37. The summed E-state index contributed by atoms with van der Waals surface area (Å²) in [5, 5.41) is 2.97. The van der Waals surface area contributed by atoms with Crippen molar-refractivity contribution in [3.63, 3.8) is 0 Å². The highest BCUT2D eigenvalue weighted by atomic mass is 79.9. The lowest BCUT2D eigenvalue weighted by atomic mass is 10.1. The van der Waals surface area contributed by atoms with E-state index in [4.69, 9.17) is 39.5 Å². The Morgan fingerprint density at radius 2 is 1.71 bits per heavy atom. The normalized spacial score (nSPS) is 11.5. The van der Waals surface area contributed by atoms with Gasteiger partial charge in [0, 0.05) is 26.5 Å². The summed E-state index contributed by atoms with van der Waals surface area (Å²) in [7, 11) is -3.80. The van der Waals surface area contributed by atoms with Crippen molar-refractivity contribution in [2.45, 2.75) is 4.21 Å². The molecular formula is C19H10BrCl3N2O3S3. The zero-order valence-electron chi connectivity index (χ0n) is 15.1. The number of thiazole rings is 1. The van der Waals surface area contributed by atoms with Gasteiger partial charge in [-0.1, -0.05) is 34.8 Å². The molecule has 0 aliphatic carbocycles. The third kappa shape index (κ3) is 5.36. The molecule has 0 aliphatic heterocycles. The standard InChI is InChI=1S/C19H10BrCl3N2O3S3/c20-14-8-17(30-18(14)23)31(26,27)25-19-24-16(9-29-19)13-6-5-12(7-15(13)22)28-11-3-1-10(21)2-4-11/h1-9H,(H,24,25). The minimum Gasteiger partial charge on any atom is -0.457 e. The van der Waals surface area contributed by atoms with E-state index in [1.165, 1.54) is 6.07 Å². The first-order valence-corrected chi connectivity index (χ1v) is 13.5. The molecule has 12 heteroatoms. The van der Waals surface area contributed by atoms with Crippen LogP contribution < -0.4 is 9.46 Å². The van der Waals surface area contributed by atoms with Gasteiger partial charge in [0.25, 0.3) is 10.0 Å². The summed E-state index contributed by atoms with van der Waals surface area (Å²) in [5.74, 6) is 1.17. The molecular weight excluding hydrogens is 587 g/mol. The van der Waals surface area contributed by atoms with Crippen LogP contribution in [0.1, 0.15) is 0 Å². The molecule has 4 aromatic rings. The van der Waals surface area contributed by atoms with Crippen molar-refractivity contribution in [2.24, 2.45) is 0 Å². The van der Waals surface area contributed by atoms with Crippen molar-refractivity contribution in [2.75, 3.05) is 4.72 Å². The SMILES string of the molecule is O=S(=O)(Nc1nc(-c2ccc(Oc3ccc(Cl)cc3)cc2Cl)cs1)c1cc(Br)c(Cl)s1. The van der Waals surface area contributed by atoms with Gasteiger partial charge in [-0.3, -0.25) is 4.72 Å². The number of benzene rings is 2. The predicted molar refractivity (Wildman–Crippen MR) is 132 cm³/mol. The maximum absolute atomic E-state index is 12.6. The molecule has 0 saturated carbocycles. The molecule has 4 rings (SSSR count). The van der Waals surface area contributed by atoms with Crippen LogP contribution in [-0.4, -0.2) is 13.4 Å². The van der Waals surface area contributed by atoms with Gasteiger partial charge in [-0.15, -0.1) is 22.7 Å². The van der Waals surface area contributed by atoms with E-state index in [2.05, 4.69) is 25.6 Å². The van der Waals surface area contributed by atoms with Crippen LogP contribution in [0.5, 0.6) is 11.5 Å². The molecule has 0 atom stereocenters. The minimum atomic E-state index is -3.80. The van der Waals surface area contributed by atoms with Crippen LogP contribution in [0.3, 0.4) is 0 Å². The second-order valence-corrected chi connectivity index (χ2v) is 12.1. The number of hydrogen-bond donors (Lipinski definition) is 1. The molecule has 160 valence electrons. The van der Waals surface area contributed by atoms with Crippen molar-refractivity contribution < 1.29 is 13.2 Å². The molecule has 31 heavy (non-hydrogen) atoms. The third-order valence-corrected chi connectivity index (χ3v) is 9.62. The number of halogens is 4. The number of rotatable bonds is 6. The molecule has 2 aromatic carbocycles. The lowest BCUT2D eigenvalue weighted by Crippen LogP contribution is -2.11. The van der Waals surface area contributed by atoms with E-state index in [0.717, 1.165) is 22.7 Å². The van der Waals surface area contributed by atoms with Crippen molar-refractivity contribution in [3.05, 3.63) is 72.8 Å². The first-order valence-electron chi connectivity index (χ1n) is 8.38. The van der Waals surface area contributed by atoms with Crippen LogP contribution >= 0.6 is 73.4 Å². The van der Waals surface area contributed by atoms with Gasteiger partial charge in [-0.2, -0.15) is 0 Å². The number of aromatic nitrogens is 1. The highest BCUT2D eigenvalue weighted by molar-refractivity contribution is 9.10. The predicted octanol–water partition coefficient (Wildman–Crippen LogP) is 8.19. The number of nitrogens with one attached hydrogen (secondary N) is 1. The van der Waals surface area contributed by atoms with Gasteiger partial charge >= 0.3 is 0 Å². The van der Waals surface area contributed by atoms with E-state index in [9.17, 15) is 8.42 Å². The molecule has 0 bridgehead atoms. The van der Waals surface area contributed by atoms with Crippen molar-refractivity contribution in [1.82, 2.24) is 4.98 Å². The molecule has 0 amide bonds. The zero-order valence-corrected chi connectivity index (χ0v) is 21.4. The molecule has 0 aliphatic rings. The van der Waals surface area contributed by atoms with Crippen LogP contribution in [0.2, 0.25) is 14.4 Å². The number of sulfonamides is 1. The highest BCUT2D eigenvalue weighted by Gasteiger charge is 2.21. The molecule has 2 heterocycles. The Hall–Kier alpha value is -1.33. The van der Waals surface area contributed by atoms with Gasteiger partial charge in [0.15, 0.2) is 5.13 Å². The molecule has 0 radical (unpaired) electrons. The second kappa shape index (κ2) is 9.27. The van der Waals surface area contributed by atoms with Gasteiger partial charge in [-0.25, -0.2) is 13.4 Å². The van der Waals surface area contributed by atoms with E-state index in [0.29, 0.717) is 41.6 Å². The molecule has 0 spiro atoms. The van der Waals surface area contributed by atoms with E-state index in [1.807, 2.05) is 0 Å². The maximum Gasteiger partial charge on any atom is 0.273 e. The van der Waals surface area contributed by atoms with Gasteiger partial charge in [-0.05, 0) is 58.4 Å². The number of thiophene rings is 1. The Balaban J connectivity index is 1.52. The van der Waals surface area contributed by atoms with Gasteiger partial charge in [0.2, 0.25) is 0 Å². The summed E-state index contributed by atoms with van der Waals surface area (Å²) >= 11 is 23.6. The Morgan fingerprint density at radius 3 is 2.35 bits per heavy atom. The van der Waals surface area contributed by atoms with Gasteiger partial charge in [0.1, 0.15) is 20.0 Å². The van der Waals surface area contributed by atoms with Crippen molar-refractivity contribution >= 4 is 88.6 Å². The van der Waals surface area contributed by atoms with Crippen LogP contribution in [0.15, 0.2) is 62.6 Å². The fourth-order valence-electron chi connectivity index (χ4n) is 2.47. The van der Waals surface area contributed by atoms with Crippen molar-refractivity contribution in [3.8, 4) is 22.8 Å². The summed E-state index contributed by atoms with van der Waals surface area (Å²) in [6.45, 7) is 0. The number of ether oxygens (including phenoxy) is 1. The zero-order chi connectivity index (χ0) is 22.2. The quantitative estimate of drug-likeness (QED) is 0.244. The van der Waals surface area contributed by atoms with Crippen LogP contribution in [0, 0.1) is 0 Å². The lowest BCUT2D eigenvalue weighted by molar-refractivity contribution is 0.483. The first-order chi connectivity index (χ1) is 14.7. The van der Waals surface area contributed by atoms with E-state index < -0.39 is 10.0 Å². The Bertz CT molecular complexity index is 1340. The summed E-state index contributed by atoms with van der Waals surface area (Å²) in [5.41, 5.74) is 1.19. The molecule has 1 N–H and O–H groups in total. The molecule has 2 aromatic heterocycles. The summed E-state index contributed by atoms with van der Waals surface area (Å²) in [4.78, 5) is 4.35. The Labute approximate surface area is 209 Å². The number of hydrogen-bond acceptors (Lipinski definition) is 6. The summed E-state index contributed by atoms with van der Waals surface area (Å²) in [6.07, 6.45) is 0. The molecule has 0 fully saturated rings. The van der Waals surface area contributed by atoms with Gasteiger partial charge < -0.3 is 4.74 Å². The molecule has 5 nitrogen and oxygen atoms in total. The number of anilines is 1. The summed E-state index contributed by atoms with van der Waals surface area (Å²) in [6, 6.07) is 13.6.